The lowest BCUT2D eigenvalue weighted by atomic mass is 10.1. The molecule has 2 aromatic carbocycles. The number of carbonyl (C=O) groups excluding carboxylic acids is 2. The van der Waals surface area contributed by atoms with E-state index >= 15 is 0 Å². The maximum absolute atomic E-state index is 12.4. The Labute approximate surface area is 150 Å². The van der Waals surface area contributed by atoms with Gasteiger partial charge in [-0.2, -0.15) is 5.26 Å². The predicted octanol–water partition coefficient (Wildman–Crippen LogP) is 3.80. The summed E-state index contributed by atoms with van der Waals surface area (Å²) in [6.07, 6.45) is -1.05. The highest BCUT2D eigenvalue weighted by Gasteiger charge is 2.24. The lowest BCUT2D eigenvalue weighted by molar-refractivity contribution is -0.123. The van der Waals surface area contributed by atoms with Gasteiger partial charge in [0.05, 0.1) is 11.3 Å². The Morgan fingerprint density at radius 3 is 2.58 bits per heavy atom. The molecule has 0 aliphatic carbocycles. The summed E-state index contributed by atoms with van der Waals surface area (Å²) in [6, 6.07) is 15.8. The molecular weight excluding hydrogens is 332 g/mol. The average Bonchev–Trinajstić information content (AvgIpc) is 2.99. The van der Waals surface area contributed by atoms with E-state index in [4.69, 9.17) is 14.4 Å². The first-order valence-corrected chi connectivity index (χ1v) is 8.00. The monoisotopic (exact) mass is 348 g/mol. The van der Waals surface area contributed by atoms with Crippen LogP contribution in [0.3, 0.4) is 0 Å². The lowest BCUT2D eigenvalue weighted by Crippen LogP contribution is -2.30. The molecule has 0 unspecified atom stereocenters. The summed E-state index contributed by atoms with van der Waals surface area (Å²) in [5.74, 6) is -1.17. The number of furan rings is 1. The van der Waals surface area contributed by atoms with E-state index in [0.29, 0.717) is 22.4 Å². The maximum atomic E-state index is 12.4. The van der Waals surface area contributed by atoms with Gasteiger partial charge >= 0.3 is 5.97 Å². The highest BCUT2D eigenvalue weighted by Crippen LogP contribution is 2.25. The van der Waals surface area contributed by atoms with Gasteiger partial charge in [0.15, 0.2) is 6.10 Å². The lowest BCUT2D eigenvalue weighted by Gasteiger charge is -2.13. The van der Waals surface area contributed by atoms with Crippen molar-refractivity contribution in [2.24, 2.45) is 0 Å². The molecule has 1 heterocycles. The number of hydrogen-bond donors (Lipinski definition) is 1. The van der Waals surface area contributed by atoms with E-state index in [9.17, 15) is 9.59 Å². The van der Waals surface area contributed by atoms with E-state index in [2.05, 4.69) is 5.32 Å². The second-order valence-corrected chi connectivity index (χ2v) is 5.75. The predicted molar refractivity (Wildman–Crippen MR) is 95.6 cm³/mol. The van der Waals surface area contributed by atoms with Crippen LogP contribution in [0.1, 0.15) is 28.6 Å². The number of nitrogens with one attached hydrogen (secondary N) is 1. The number of rotatable bonds is 4. The first-order valence-electron chi connectivity index (χ1n) is 8.00. The second kappa shape index (κ2) is 7.11. The van der Waals surface area contributed by atoms with Crippen molar-refractivity contribution in [3.8, 4) is 6.07 Å². The van der Waals surface area contributed by atoms with Crippen LogP contribution in [0.4, 0.5) is 5.69 Å². The second-order valence-electron chi connectivity index (χ2n) is 5.75. The molecule has 0 spiro atoms. The SMILES string of the molecule is Cc1c(C(=O)O[C@@H](C)C(=O)Nc2ccccc2C#N)oc2ccccc12. The molecule has 1 N–H and O–H groups in total. The number of para-hydroxylation sites is 2. The summed E-state index contributed by atoms with van der Waals surface area (Å²) in [4.78, 5) is 24.7. The van der Waals surface area contributed by atoms with E-state index in [1.807, 2.05) is 24.3 Å². The minimum Gasteiger partial charge on any atom is -0.449 e. The molecule has 130 valence electrons. The molecule has 26 heavy (non-hydrogen) atoms. The number of fused-ring (bicyclic) bond motifs is 1. The van der Waals surface area contributed by atoms with Crippen molar-refractivity contribution in [1.82, 2.24) is 0 Å². The number of amides is 1. The van der Waals surface area contributed by atoms with Crippen LogP contribution < -0.4 is 5.32 Å². The van der Waals surface area contributed by atoms with Gasteiger partial charge in [-0.05, 0) is 32.0 Å². The largest absolute Gasteiger partial charge is 0.449 e. The van der Waals surface area contributed by atoms with Gasteiger partial charge in [0.2, 0.25) is 5.76 Å². The van der Waals surface area contributed by atoms with Gasteiger partial charge in [-0.3, -0.25) is 4.79 Å². The first kappa shape index (κ1) is 17.2. The number of esters is 1. The summed E-state index contributed by atoms with van der Waals surface area (Å²) in [5.41, 5.74) is 1.93. The Morgan fingerprint density at radius 2 is 1.85 bits per heavy atom. The van der Waals surface area contributed by atoms with Crippen LogP contribution in [-0.4, -0.2) is 18.0 Å². The van der Waals surface area contributed by atoms with Crippen LogP contribution in [-0.2, 0) is 9.53 Å². The first-order chi connectivity index (χ1) is 12.5. The van der Waals surface area contributed by atoms with Gasteiger partial charge in [-0.15, -0.1) is 0 Å². The van der Waals surface area contributed by atoms with Gasteiger partial charge in [0.1, 0.15) is 11.7 Å². The Kier molecular flexibility index (Phi) is 4.72. The number of benzene rings is 2. The fourth-order valence-electron chi connectivity index (χ4n) is 2.56. The van der Waals surface area contributed by atoms with E-state index in [1.165, 1.54) is 6.92 Å². The van der Waals surface area contributed by atoms with Crippen molar-refractivity contribution in [2.45, 2.75) is 20.0 Å². The van der Waals surface area contributed by atoms with E-state index < -0.39 is 18.0 Å². The van der Waals surface area contributed by atoms with Gasteiger partial charge < -0.3 is 14.5 Å². The van der Waals surface area contributed by atoms with Gasteiger partial charge in [0, 0.05) is 10.9 Å². The molecule has 3 rings (SSSR count). The maximum Gasteiger partial charge on any atom is 0.375 e. The normalized spacial score (nSPS) is 11.6. The van der Waals surface area contributed by atoms with E-state index in [1.54, 1.807) is 37.3 Å². The summed E-state index contributed by atoms with van der Waals surface area (Å²) >= 11 is 0. The molecule has 1 amide bonds. The van der Waals surface area contributed by atoms with Crippen molar-refractivity contribution in [3.05, 3.63) is 65.4 Å². The minimum atomic E-state index is -1.05. The molecule has 0 aliphatic rings. The Balaban J connectivity index is 1.73. The number of hydrogen-bond acceptors (Lipinski definition) is 5. The smallest absolute Gasteiger partial charge is 0.375 e. The Bertz CT molecular complexity index is 1030. The third kappa shape index (κ3) is 3.28. The molecule has 6 heteroatoms. The molecule has 0 fully saturated rings. The van der Waals surface area contributed by atoms with E-state index in [-0.39, 0.29) is 5.76 Å². The molecule has 0 saturated carbocycles. The van der Waals surface area contributed by atoms with Crippen molar-refractivity contribution >= 4 is 28.5 Å². The number of anilines is 1. The third-order valence-corrected chi connectivity index (χ3v) is 3.99. The zero-order valence-electron chi connectivity index (χ0n) is 14.3. The zero-order valence-corrected chi connectivity index (χ0v) is 14.3. The highest BCUT2D eigenvalue weighted by molar-refractivity contribution is 5.99. The van der Waals surface area contributed by atoms with Crippen molar-refractivity contribution in [1.29, 1.82) is 5.26 Å². The van der Waals surface area contributed by atoms with Crippen LogP contribution in [0, 0.1) is 18.3 Å². The number of nitrogens with zero attached hydrogens (tertiary/aromatic N) is 1. The number of aryl methyl sites for hydroxylation is 1. The molecule has 0 bridgehead atoms. The summed E-state index contributed by atoms with van der Waals surface area (Å²) in [7, 11) is 0. The number of carbonyl (C=O) groups is 2. The number of nitriles is 1. The van der Waals surface area contributed by atoms with Gasteiger partial charge in [0.25, 0.3) is 5.91 Å². The van der Waals surface area contributed by atoms with Crippen LogP contribution in [0.2, 0.25) is 0 Å². The Morgan fingerprint density at radius 1 is 1.15 bits per heavy atom. The fourth-order valence-corrected chi connectivity index (χ4v) is 2.56. The molecule has 0 saturated heterocycles. The molecule has 0 radical (unpaired) electrons. The standard InChI is InChI=1S/C20H16N2O4/c1-12-15-8-4-6-10-17(15)26-18(12)20(24)25-13(2)19(23)22-16-9-5-3-7-14(16)11-21/h3-10,13H,1-2H3,(H,22,23)/t13-/m0/s1. The van der Waals surface area contributed by atoms with E-state index in [0.717, 1.165) is 5.39 Å². The zero-order chi connectivity index (χ0) is 18.7. The molecule has 0 aliphatic heterocycles. The number of ether oxygens (including phenoxy) is 1. The van der Waals surface area contributed by atoms with Crippen molar-refractivity contribution in [3.63, 3.8) is 0 Å². The highest BCUT2D eigenvalue weighted by atomic mass is 16.6. The molecule has 1 aromatic heterocycles. The van der Waals surface area contributed by atoms with Crippen LogP contribution in [0.5, 0.6) is 0 Å². The summed E-state index contributed by atoms with van der Waals surface area (Å²) < 4.78 is 10.8. The van der Waals surface area contributed by atoms with Crippen LogP contribution in [0.25, 0.3) is 11.0 Å². The van der Waals surface area contributed by atoms with Crippen molar-refractivity contribution in [2.75, 3.05) is 5.32 Å². The molecule has 6 nitrogen and oxygen atoms in total. The fraction of sp³-hybridized carbons (Fsp3) is 0.150. The molecule has 1 atom stereocenters. The third-order valence-electron chi connectivity index (χ3n) is 3.99. The topological polar surface area (TPSA) is 92.3 Å². The minimum absolute atomic E-state index is 0.0725. The van der Waals surface area contributed by atoms with Gasteiger partial charge in [-0.1, -0.05) is 30.3 Å². The molecule has 3 aromatic rings. The van der Waals surface area contributed by atoms with Crippen LogP contribution in [0.15, 0.2) is 52.9 Å². The quantitative estimate of drug-likeness (QED) is 0.724. The summed E-state index contributed by atoms with van der Waals surface area (Å²) in [6.45, 7) is 3.22. The van der Waals surface area contributed by atoms with Gasteiger partial charge in [-0.25, -0.2) is 4.79 Å². The molecular formula is C20H16N2O4. The van der Waals surface area contributed by atoms with Crippen LogP contribution >= 0.6 is 0 Å². The average molecular weight is 348 g/mol. The Hall–Kier alpha value is -3.59. The van der Waals surface area contributed by atoms with Crippen molar-refractivity contribution < 1.29 is 18.7 Å². The summed E-state index contributed by atoms with van der Waals surface area (Å²) in [5, 5.41) is 12.5.